The lowest BCUT2D eigenvalue weighted by Gasteiger charge is -2.14. The van der Waals surface area contributed by atoms with Gasteiger partial charge < -0.3 is 4.74 Å². The van der Waals surface area contributed by atoms with Crippen molar-refractivity contribution in [2.24, 2.45) is 0 Å². The molecule has 0 amide bonds. The van der Waals surface area contributed by atoms with Crippen LogP contribution in [0.5, 0.6) is 0 Å². The maximum absolute atomic E-state index is 12.3. The van der Waals surface area contributed by atoms with Gasteiger partial charge >= 0.3 is 5.97 Å². The van der Waals surface area contributed by atoms with E-state index in [1.807, 2.05) is 13.8 Å². The Labute approximate surface area is 170 Å². The summed E-state index contributed by atoms with van der Waals surface area (Å²) in [7, 11) is -3.73. The first-order chi connectivity index (χ1) is 13.6. The summed E-state index contributed by atoms with van der Waals surface area (Å²) in [6.07, 6.45) is -0.856. The third-order valence-corrected chi connectivity index (χ3v) is 5.81. The van der Waals surface area contributed by atoms with E-state index >= 15 is 0 Å². The summed E-state index contributed by atoms with van der Waals surface area (Å²) in [5, 5.41) is 10.8. The Morgan fingerprint density at radius 3 is 2.34 bits per heavy atom. The molecule has 2 aromatic carbocycles. The Morgan fingerprint density at radius 1 is 1.10 bits per heavy atom. The molecule has 0 saturated carbocycles. The highest BCUT2D eigenvalue weighted by Gasteiger charge is 2.17. The number of hydrogen-bond donors (Lipinski definition) is 1. The van der Waals surface area contributed by atoms with Crippen LogP contribution < -0.4 is 4.72 Å². The molecule has 0 aromatic heterocycles. The van der Waals surface area contributed by atoms with Gasteiger partial charge in [0.1, 0.15) is 6.10 Å². The monoisotopic (exact) mass is 420 g/mol. The first-order valence-electron chi connectivity index (χ1n) is 9.13. The number of nitrogens with zero attached hydrogens (tertiary/aromatic N) is 1. The van der Waals surface area contributed by atoms with Crippen LogP contribution in [0.3, 0.4) is 0 Å². The van der Waals surface area contributed by atoms with Gasteiger partial charge in [0, 0.05) is 18.7 Å². The third kappa shape index (κ3) is 6.37. The number of nitro benzene ring substituents is 1. The molecule has 9 heteroatoms. The van der Waals surface area contributed by atoms with Crippen molar-refractivity contribution >= 4 is 21.7 Å². The minimum absolute atomic E-state index is 0.0957. The number of benzene rings is 2. The van der Waals surface area contributed by atoms with E-state index in [0.717, 1.165) is 5.56 Å². The number of non-ortho nitro benzene ring substituents is 1. The topological polar surface area (TPSA) is 116 Å². The number of rotatable bonds is 9. The van der Waals surface area contributed by atoms with Gasteiger partial charge in [-0.15, -0.1) is 0 Å². The van der Waals surface area contributed by atoms with Gasteiger partial charge in [-0.05, 0) is 36.1 Å². The van der Waals surface area contributed by atoms with Crippen LogP contribution in [0.25, 0.3) is 0 Å². The summed E-state index contributed by atoms with van der Waals surface area (Å²) in [5.41, 5.74) is 1.42. The lowest BCUT2D eigenvalue weighted by Crippen LogP contribution is -2.27. The average Bonchev–Trinajstić information content (AvgIpc) is 2.67. The molecule has 0 bridgehead atoms. The zero-order chi connectivity index (χ0) is 21.6. The Bertz CT molecular complexity index is 971. The predicted octanol–water partition coefficient (Wildman–Crippen LogP) is 3.69. The van der Waals surface area contributed by atoms with Gasteiger partial charge in [-0.1, -0.05) is 38.1 Å². The van der Waals surface area contributed by atoms with E-state index in [4.69, 9.17) is 4.74 Å². The van der Waals surface area contributed by atoms with Gasteiger partial charge in [0.15, 0.2) is 0 Å². The summed E-state index contributed by atoms with van der Waals surface area (Å²) < 4.78 is 32.2. The van der Waals surface area contributed by atoms with Crippen LogP contribution in [0.4, 0.5) is 5.69 Å². The molecule has 156 valence electrons. The summed E-state index contributed by atoms with van der Waals surface area (Å²) in [4.78, 5) is 22.4. The van der Waals surface area contributed by atoms with Crippen molar-refractivity contribution in [1.82, 2.24) is 4.72 Å². The Kier molecular flexibility index (Phi) is 7.46. The van der Waals surface area contributed by atoms with Crippen molar-refractivity contribution in [3.63, 3.8) is 0 Å². The van der Waals surface area contributed by atoms with Gasteiger partial charge in [-0.25, -0.2) is 13.1 Å². The normalized spacial score (nSPS) is 12.6. The van der Waals surface area contributed by atoms with Crippen molar-refractivity contribution in [3.8, 4) is 0 Å². The van der Waals surface area contributed by atoms with Gasteiger partial charge in [0.2, 0.25) is 10.0 Å². The predicted molar refractivity (Wildman–Crippen MR) is 108 cm³/mol. The standard InChI is InChI=1S/C20H24N2O6S/c1-14(2)16-7-9-19(10-8-16)29(26,27)21-12-11-20(23)28-15(3)17-5-4-6-18(13-17)22(24)25/h4-10,13-15,21H,11-12H2,1-3H3/t15-/m0/s1. The van der Waals surface area contributed by atoms with Gasteiger partial charge in [-0.3, -0.25) is 14.9 Å². The van der Waals surface area contributed by atoms with E-state index in [1.165, 1.54) is 30.3 Å². The number of nitro groups is 1. The van der Waals surface area contributed by atoms with E-state index < -0.39 is 27.0 Å². The molecule has 0 aliphatic carbocycles. The van der Waals surface area contributed by atoms with Gasteiger partial charge in [-0.2, -0.15) is 0 Å². The van der Waals surface area contributed by atoms with Crippen molar-refractivity contribution < 1.29 is 22.9 Å². The molecule has 1 atom stereocenters. The second kappa shape index (κ2) is 9.62. The van der Waals surface area contributed by atoms with Crippen LogP contribution in [-0.4, -0.2) is 25.9 Å². The molecule has 0 aliphatic rings. The molecule has 1 N–H and O–H groups in total. The third-order valence-electron chi connectivity index (χ3n) is 4.34. The lowest BCUT2D eigenvalue weighted by atomic mass is 10.0. The maximum atomic E-state index is 12.3. The highest BCUT2D eigenvalue weighted by Crippen LogP contribution is 2.22. The van der Waals surface area contributed by atoms with Crippen LogP contribution in [-0.2, 0) is 19.6 Å². The SMILES string of the molecule is CC(C)c1ccc(S(=O)(=O)NCCC(=O)O[C@@H](C)c2cccc([N+](=O)[O-])c2)cc1. The van der Waals surface area contributed by atoms with Crippen molar-refractivity contribution in [2.75, 3.05) is 6.54 Å². The zero-order valence-corrected chi connectivity index (χ0v) is 17.3. The first kappa shape index (κ1) is 22.5. The number of carbonyl (C=O) groups excluding carboxylic acids is 1. The number of nitrogens with one attached hydrogen (secondary N) is 1. The molecule has 0 spiro atoms. The Morgan fingerprint density at radius 2 is 1.76 bits per heavy atom. The van der Waals surface area contributed by atoms with E-state index in [9.17, 15) is 23.3 Å². The number of carbonyl (C=O) groups is 1. The van der Waals surface area contributed by atoms with Crippen LogP contribution in [0.1, 0.15) is 50.3 Å². The Balaban J connectivity index is 1.88. The van der Waals surface area contributed by atoms with E-state index in [2.05, 4.69) is 4.72 Å². The van der Waals surface area contributed by atoms with E-state index in [0.29, 0.717) is 11.5 Å². The molecule has 0 saturated heterocycles. The maximum Gasteiger partial charge on any atom is 0.307 e. The van der Waals surface area contributed by atoms with Crippen LogP contribution in [0, 0.1) is 10.1 Å². The van der Waals surface area contributed by atoms with Crippen molar-refractivity contribution in [1.29, 1.82) is 0 Å². The number of esters is 1. The summed E-state index contributed by atoms with van der Waals surface area (Å²) >= 11 is 0. The van der Waals surface area contributed by atoms with Crippen molar-refractivity contribution in [2.45, 2.75) is 44.1 Å². The zero-order valence-electron chi connectivity index (χ0n) is 16.5. The summed E-state index contributed by atoms with van der Waals surface area (Å²) in [5.74, 6) is -0.315. The second-order valence-electron chi connectivity index (χ2n) is 6.86. The second-order valence-corrected chi connectivity index (χ2v) is 8.62. The first-order valence-corrected chi connectivity index (χ1v) is 10.6. The Hall–Kier alpha value is -2.78. The molecule has 8 nitrogen and oxygen atoms in total. The lowest BCUT2D eigenvalue weighted by molar-refractivity contribution is -0.385. The van der Waals surface area contributed by atoms with Crippen molar-refractivity contribution in [3.05, 3.63) is 69.8 Å². The minimum atomic E-state index is -3.73. The summed E-state index contributed by atoms with van der Waals surface area (Å²) in [6.45, 7) is 5.51. The van der Waals surface area contributed by atoms with Gasteiger partial charge in [0.25, 0.3) is 5.69 Å². The molecule has 0 heterocycles. The highest BCUT2D eigenvalue weighted by molar-refractivity contribution is 7.89. The molecule has 0 fully saturated rings. The number of sulfonamides is 1. The molecular weight excluding hydrogens is 396 g/mol. The molecule has 29 heavy (non-hydrogen) atoms. The van der Waals surface area contributed by atoms with E-state index in [1.54, 1.807) is 25.1 Å². The van der Waals surface area contributed by atoms with Crippen LogP contribution >= 0.6 is 0 Å². The smallest absolute Gasteiger partial charge is 0.307 e. The number of hydrogen-bond acceptors (Lipinski definition) is 6. The number of ether oxygens (including phenoxy) is 1. The molecule has 2 rings (SSSR count). The van der Waals surface area contributed by atoms with Crippen LogP contribution in [0.15, 0.2) is 53.4 Å². The molecule has 0 radical (unpaired) electrons. The molecule has 0 unspecified atom stereocenters. The molecular formula is C20H24N2O6S. The fraction of sp³-hybridized carbons (Fsp3) is 0.350. The average molecular weight is 420 g/mol. The molecule has 2 aromatic rings. The largest absolute Gasteiger partial charge is 0.458 e. The van der Waals surface area contributed by atoms with E-state index in [-0.39, 0.29) is 23.5 Å². The minimum Gasteiger partial charge on any atom is -0.458 e. The molecule has 0 aliphatic heterocycles. The quantitative estimate of drug-likeness (QED) is 0.376. The fourth-order valence-electron chi connectivity index (χ4n) is 2.62. The van der Waals surface area contributed by atoms with Gasteiger partial charge in [0.05, 0.1) is 16.2 Å². The fourth-order valence-corrected chi connectivity index (χ4v) is 3.65. The van der Waals surface area contributed by atoms with Crippen LogP contribution in [0.2, 0.25) is 0 Å². The highest BCUT2D eigenvalue weighted by atomic mass is 32.2. The summed E-state index contributed by atoms with van der Waals surface area (Å²) in [6, 6.07) is 12.4.